The van der Waals surface area contributed by atoms with E-state index >= 15 is 0 Å². The van der Waals surface area contributed by atoms with Crippen LogP contribution in [0.4, 0.5) is 23.8 Å². The molecule has 0 aliphatic rings. The van der Waals surface area contributed by atoms with Crippen molar-refractivity contribution >= 4 is 22.8 Å². The first-order chi connectivity index (χ1) is 8.86. The van der Waals surface area contributed by atoms with Crippen LogP contribution in [0.1, 0.15) is 12.5 Å². The molecule has 2 aromatic rings. The molecule has 1 aromatic heterocycles. The Bertz CT molecular complexity index is 634. The zero-order chi connectivity index (χ0) is 14.2. The summed E-state index contributed by atoms with van der Waals surface area (Å²) in [4.78, 5) is 11.5. The number of benzene rings is 1. The van der Waals surface area contributed by atoms with Crippen LogP contribution in [0.15, 0.2) is 18.2 Å². The third-order valence-corrected chi connectivity index (χ3v) is 2.48. The van der Waals surface area contributed by atoms with Crippen LogP contribution < -0.4 is 5.73 Å². The van der Waals surface area contributed by atoms with E-state index in [0.717, 1.165) is 6.07 Å². The number of carbonyl (C=O) groups excluding carboxylic acids is 1. The number of alkyl halides is 3. The molecule has 0 saturated heterocycles. The molecule has 19 heavy (non-hydrogen) atoms. The lowest BCUT2D eigenvalue weighted by Crippen LogP contribution is -2.17. The van der Waals surface area contributed by atoms with Crippen molar-refractivity contribution in [2.75, 3.05) is 12.3 Å². The van der Waals surface area contributed by atoms with Crippen molar-refractivity contribution in [3.63, 3.8) is 0 Å². The summed E-state index contributed by atoms with van der Waals surface area (Å²) in [5, 5.41) is 3.42. The maximum absolute atomic E-state index is 12.8. The topological polar surface area (TPSA) is 70.1 Å². The van der Waals surface area contributed by atoms with Gasteiger partial charge in [-0.15, -0.1) is 4.68 Å². The molecule has 0 aliphatic carbocycles. The number of ether oxygens (including phenoxy) is 1. The van der Waals surface area contributed by atoms with Gasteiger partial charge in [0.1, 0.15) is 5.82 Å². The summed E-state index contributed by atoms with van der Waals surface area (Å²) in [5.41, 5.74) is 4.62. The van der Waals surface area contributed by atoms with Gasteiger partial charge in [-0.2, -0.15) is 18.3 Å². The summed E-state index contributed by atoms with van der Waals surface area (Å²) in [6, 6.07) is 3.43. The number of fused-ring (bicyclic) bond motifs is 1. The van der Waals surface area contributed by atoms with Crippen LogP contribution in [-0.2, 0) is 10.9 Å². The SMILES string of the molecule is CCOC(=O)n1nc2cccc(C(F)(F)F)c2c1N. The van der Waals surface area contributed by atoms with Gasteiger partial charge in [0.05, 0.1) is 23.1 Å². The van der Waals surface area contributed by atoms with E-state index in [4.69, 9.17) is 5.73 Å². The van der Waals surface area contributed by atoms with Crippen molar-refractivity contribution < 1.29 is 22.7 Å². The Morgan fingerprint density at radius 3 is 2.74 bits per heavy atom. The van der Waals surface area contributed by atoms with Crippen LogP contribution in [0, 0.1) is 0 Å². The molecule has 2 N–H and O–H groups in total. The molecule has 0 radical (unpaired) electrons. The highest BCUT2D eigenvalue weighted by Gasteiger charge is 2.34. The number of nitrogens with zero attached hydrogens (tertiary/aromatic N) is 2. The standard InChI is InChI=1S/C11H10F3N3O2/c1-2-19-10(18)17-9(15)8-6(11(12,13)14)4-3-5-7(8)16-17/h3-5H,2,15H2,1H3. The molecule has 1 heterocycles. The minimum Gasteiger partial charge on any atom is -0.448 e. The largest absolute Gasteiger partial charge is 0.448 e. The van der Waals surface area contributed by atoms with Crippen molar-refractivity contribution in [2.45, 2.75) is 13.1 Å². The van der Waals surface area contributed by atoms with E-state index in [1.165, 1.54) is 12.1 Å². The molecule has 0 bridgehead atoms. The first-order valence-corrected chi connectivity index (χ1v) is 5.37. The highest BCUT2D eigenvalue weighted by atomic mass is 19.4. The second-order valence-corrected chi connectivity index (χ2v) is 3.69. The predicted molar refractivity (Wildman–Crippen MR) is 61.6 cm³/mol. The van der Waals surface area contributed by atoms with Gasteiger partial charge in [0.15, 0.2) is 0 Å². The van der Waals surface area contributed by atoms with Crippen LogP contribution in [0.5, 0.6) is 0 Å². The molecule has 0 unspecified atom stereocenters. The van der Waals surface area contributed by atoms with Crippen molar-refractivity contribution in [1.82, 2.24) is 9.78 Å². The number of hydrogen-bond acceptors (Lipinski definition) is 4. The Morgan fingerprint density at radius 1 is 1.47 bits per heavy atom. The first-order valence-electron chi connectivity index (χ1n) is 5.37. The predicted octanol–water partition coefficient (Wildman–Crippen LogP) is 2.64. The Hall–Kier alpha value is -2.25. The lowest BCUT2D eigenvalue weighted by molar-refractivity contribution is -0.136. The van der Waals surface area contributed by atoms with Gasteiger partial charge < -0.3 is 10.5 Å². The van der Waals surface area contributed by atoms with E-state index in [1.54, 1.807) is 6.92 Å². The van der Waals surface area contributed by atoms with Gasteiger partial charge in [-0.1, -0.05) is 6.07 Å². The van der Waals surface area contributed by atoms with Crippen molar-refractivity contribution in [3.05, 3.63) is 23.8 Å². The minimum atomic E-state index is -4.57. The van der Waals surface area contributed by atoms with E-state index in [9.17, 15) is 18.0 Å². The number of anilines is 1. The highest BCUT2D eigenvalue weighted by Crippen LogP contribution is 2.37. The molecule has 2 rings (SSSR count). The molecule has 5 nitrogen and oxygen atoms in total. The summed E-state index contributed by atoms with van der Waals surface area (Å²) in [6.07, 6.45) is -5.49. The molecule has 0 spiro atoms. The average Bonchev–Trinajstić information content (AvgIpc) is 2.66. The van der Waals surface area contributed by atoms with E-state index in [-0.39, 0.29) is 23.3 Å². The van der Waals surface area contributed by atoms with Crippen LogP contribution in [-0.4, -0.2) is 22.5 Å². The Balaban J connectivity index is 2.68. The smallest absolute Gasteiger partial charge is 0.436 e. The van der Waals surface area contributed by atoms with Crippen LogP contribution in [0.2, 0.25) is 0 Å². The Morgan fingerprint density at radius 2 is 2.16 bits per heavy atom. The number of rotatable bonds is 1. The maximum atomic E-state index is 12.8. The number of halogens is 3. The molecule has 1 aromatic carbocycles. The lowest BCUT2D eigenvalue weighted by atomic mass is 10.1. The summed E-state index contributed by atoms with van der Waals surface area (Å²) in [7, 11) is 0. The summed E-state index contributed by atoms with van der Waals surface area (Å²) in [6.45, 7) is 1.64. The Labute approximate surface area is 105 Å². The van der Waals surface area contributed by atoms with E-state index in [0.29, 0.717) is 4.68 Å². The molecular weight excluding hydrogens is 263 g/mol. The number of hydrogen-bond donors (Lipinski definition) is 1. The number of nitrogens with two attached hydrogens (primary N) is 1. The maximum Gasteiger partial charge on any atom is 0.436 e. The van der Waals surface area contributed by atoms with Crippen LogP contribution >= 0.6 is 0 Å². The second kappa shape index (κ2) is 4.45. The first kappa shape index (κ1) is 13.2. The van der Waals surface area contributed by atoms with Crippen LogP contribution in [0.3, 0.4) is 0 Å². The molecular formula is C11H10F3N3O2. The van der Waals surface area contributed by atoms with Gasteiger partial charge in [-0.05, 0) is 19.1 Å². The summed E-state index contributed by atoms with van der Waals surface area (Å²) >= 11 is 0. The van der Waals surface area contributed by atoms with Crippen LogP contribution in [0.25, 0.3) is 10.9 Å². The molecule has 0 fully saturated rings. The monoisotopic (exact) mass is 273 g/mol. The van der Waals surface area contributed by atoms with Crippen molar-refractivity contribution in [2.24, 2.45) is 0 Å². The fourth-order valence-corrected chi connectivity index (χ4v) is 1.72. The fourth-order valence-electron chi connectivity index (χ4n) is 1.72. The van der Waals surface area contributed by atoms with Gasteiger partial charge in [0, 0.05) is 0 Å². The third kappa shape index (κ3) is 2.20. The molecule has 8 heteroatoms. The van der Waals surface area contributed by atoms with Gasteiger partial charge in [-0.25, -0.2) is 4.79 Å². The second-order valence-electron chi connectivity index (χ2n) is 3.69. The summed E-state index contributed by atoms with van der Waals surface area (Å²) < 4.78 is 43.8. The average molecular weight is 273 g/mol. The van der Waals surface area contributed by atoms with Crippen molar-refractivity contribution in [3.8, 4) is 0 Å². The zero-order valence-electron chi connectivity index (χ0n) is 9.86. The molecule has 0 amide bonds. The van der Waals surface area contributed by atoms with E-state index < -0.39 is 17.8 Å². The quantitative estimate of drug-likeness (QED) is 0.867. The van der Waals surface area contributed by atoms with E-state index in [1.807, 2.05) is 0 Å². The van der Waals surface area contributed by atoms with Gasteiger partial charge in [0.2, 0.25) is 0 Å². The minimum absolute atomic E-state index is 0.0135. The molecule has 102 valence electrons. The van der Waals surface area contributed by atoms with Gasteiger partial charge in [0.25, 0.3) is 0 Å². The number of aromatic nitrogens is 2. The zero-order valence-corrected chi connectivity index (χ0v) is 9.86. The lowest BCUT2D eigenvalue weighted by Gasteiger charge is -2.08. The van der Waals surface area contributed by atoms with E-state index in [2.05, 4.69) is 9.84 Å². The third-order valence-electron chi connectivity index (χ3n) is 2.48. The van der Waals surface area contributed by atoms with Gasteiger partial charge in [-0.3, -0.25) is 0 Å². The summed E-state index contributed by atoms with van der Waals surface area (Å²) in [5.74, 6) is -0.388. The van der Waals surface area contributed by atoms with Gasteiger partial charge >= 0.3 is 12.3 Å². The number of carbonyl (C=O) groups is 1. The fraction of sp³-hybridized carbons (Fsp3) is 0.273. The normalized spacial score (nSPS) is 11.8. The number of nitrogen functional groups attached to an aromatic ring is 1. The molecule has 0 aliphatic heterocycles. The molecule has 0 atom stereocenters. The molecule has 0 saturated carbocycles. The Kier molecular flexibility index (Phi) is 3.09. The van der Waals surface area contributed by atoms with Crippen molar-refractivity contribution in [1.29, 1.82) is 0 Å². The highest BCUT2D eigenvalue weighted by molar-refractivity contribution is 5.96.